The highest BCUT2D eigenvalue weighted by molar-refractivity contribution is 9.10. The van der Waals surface area contributed by atoms with Crippen LogP contribution in [0.15, 0.2) is 21.8 Å². The molecule has 0 saturated carbocycles. The Morgan fingerprint density at radius 3 is 2.30 bits per heavy atom. The number of hydrogen-bond acceptors (Lipinski definition) is 7. The third-order valence-corrected chi connectivity index (χ3v) is 5.34. The maximum absolute atomic E-state index is 11.6. The number of hydrogen-bond donors (Lipinski definition) is 1. The number of fused-ring (bicyclic) bond motifs is 1. The van der Waals surface area contributed by atoms with Crippen molar-refractivity contribution in [2.45, 2.75) is 19.0 Å². The summed E-state index contributed by atoms with van der Waals surface area (Å²) in [6.45, 7) is 3.93. The number of anilines is 1. The number of halogens is 1. The fourth-order valence-corrected chi connectivity index (χ4v) is 2.88. The van der Waals surface area contributed by atoms with E-state index in [2.05, 4.69) is 36.0 Å². The molecule has 2 N–H and O–H groups in total. The molecule has 2 heterocycles. The van der Waals surface area contributed by atoms with Crippen LogP contribution in [0.25, 0.3) is 17.2 Å². The quantitative estimate of drug-likeness (QED) is 0.697. The Labute approximate surface area is 140 Å². The predicted octanol–water partition coefficient (Wildman–Crippen LogP) is 1.55. The van der Waals surface area contributed by atoms with Crippen LogP contribution < -0.4 is 5.73 Å². The molecule has 2 aromatic heterocycles. The van der Waals surface area contributed by atoms with Crippen LogP contribution >= 0.6 is 15.9 Å². The first-order valence-electron chi connectivity index (χ1n) is 6.54. The van der Waals surface area contributed by atoms with E-state index in [-0.39, 0.29) is 16.9 Å². The molecule has 10 heteroatoms. The van der Waals surface area contributed by atoms with Crippen LogP contribution in [0.1, 0.15) is 11.1 Å². The molecule has 8 nitrogen and oxygen atoms in total. The van der Waals surface area contributed by atoms with Crippen LogP contribution in [0.2, 0.25) is 0 Å². The van der Waals surface area contributed by atoms with E-state index < -0.39 is 9.84 Å². The van der Waals surface area contributed by atoms with Crippen LogP contribution in [0.4, 0.5) is 5.95 Å². The molecule has 3 rings (SSSR count). The second-order valence-electron chi connectivity index (χ2n) is 5.21. The summed E-state index contributed by atoms with van der Waals surface area (Å²) in [7, 11) is -3.58. The molecule has 0 unspecified atom stereocenters. The number of rotatable bonds is 2. The average molecular weight is 397 g/mol. The van der Waals surface area contributed by atoms with Crippen LogP contribution in [0.3, 0.4) is 0 Å². The molecule has 1 aromatic carbocycles. The topological polar surface area (TPSA) is 116 Å². The second-order valence-corrected chi connectivity index (χ2v) is 7.91. The summed E-state index contributed by atoms with van der Waals surface area (Å²) in [4.78, 5) is 11.9. The van der Waals surface area contributed by atoms with Gasteiger partial charge in [-0.3, -0.25) is 0 Å². The molecule has 0 saturated heterocycles. The van der Waals surface area contributed by atoms with Gasteiger partial charge in [-0.25, -0.2) is 8.42 Å². The lowest BCUT2D eigenvalue weighted by atomic mass is 10.1. The van der Waals surface area contributed by atoms with E-state index in [1.165, 1.54) is 4.52 Å². The van der Waals surface area contributed by atoms with Gasteiger partial charge in [0.1, 0.15) is 0 Å². The van der Waals surface area contributed by atoms with Crippen molar-refractivity contribution in [1.82, 2.24) is 24.6 Å². The van der Waals surface area contributed by atoms with Crippen LogP contribution in [0.5, 0.6) is 0 Å². The molecule has 0 amide bonds. The van der Waals surface area contributed by atoms with Crippen molar-refractivity contribution in [2.24, 2.45) is 0 Å². The van der Waals surface area contributed by atoms with E-state index in [1.807, 2.05) is 26.0 Å². The van der Waals surface area contributed by atoms with Gasteiger partial charge >= 0.3 is 0 Å². The Morgan fingerprint density at radius 2 is 1.74 bits per heavy atom. The van der Waals surface area contributed by atoms with Gasteiger partial charge in [0.2, 0.25) is 15.8 Å². The molecule has 0 bridgehead atoms. The first-order valence-corrected chi connectivity index (χ1v) is 9.22. The van der Waals surface area contributed by atoms with Gasteiger partial charge in [-0.05, 0) is 37.1 Å². The summed E-state index contributed by atoms with van der Waals surface area (Å²) in [5, 5.41) is 3.89. The van der Waals surface area contributed by atoms with Gasteiger partial charge in [0, 0.05) is 16.3 Å². The van der Waals surface area contributed by atoms with Gasteiger partial charge in [-0.2, -0.15) is 19.5 Å². The van der Waals surface area contributed by atoms with E-state index in [0.717, 1.165) is 27.4 Å². The Bertz CT molecular complexity index is 1020. The first-order chi connectivity index (χ1) is 10.7. The Hall–Kier alpha value is -2.07. The normalized spacial score (nSPS) is 12.0. The summed E-state index contributed by atoms with van der Waals surface area (Å²) >= 11 is 3.51. The number of nitrogens with two attached hydrogens (primary N) is 1. The number of aryl methyl sites for hydroxylation is 2. The van der Waals surface area contributed by atoms with Crippen LogP contribution in [-0.2, 0) is 9.84 Å². The third kappa shape index (κ3) is 2.79. The summed E-state index contributed by atoms with van der Waals surface area (Å²) in [5.41, 5.74) is 8.63. The van der Waals surface area contributed by atoms with E-state index in [1.54, 1.807) is 0 Å². The maximum atomic E-state index is 11.6. The van der Waals surface area contributed by atoms with Crippen molar-refractivity contribution in [3.8, 4) is 11.4 Å². The minimum absolute atomic E-state index is 0.0836. The van der Waals surface area contributed by atoms with Crippen molar-refractivity contribution in [3.63, 3.8) is 0 Å². The fraction of sp³-hybridized carbons (Fsp3) is 0.231. The molecular weight excluding hydrogens is 384 g/mol. The fourth-order valence-electron chi connectivity index (χ4n) is 2.15. The molecule has 0 aliphatic carbocycles. The summed E-state index contributed by atoms with van der Waals surface area (Å²) in [6.07, 6.45) is 1.01. The van der Waals surface area contributed by atoms with E-state index >= 15 is 0 Å². The van der Waals surface area contributed by atoms with Gasteiger partial charge in [0.05, 0.1) is 0 Å². The smallest absolute Gasteiger partial charge is 0.258 e. The van der Waals surface area contributed by atoms with Gasteiger partial charge in [-0.15, -0.1) is 5.10 Å². The molecule has 23 heavy (non-hydrogen) atoms. The van der Waals surface area contributed by atoms with Crippen molar-refractivity contribution in [3.05, 3.63) is 27.7 Å². The Balaban J connectivity index is 2.23. The Kier molecular flexibility index (Phi) is 3.60. The van der Waals surface area contributed by atoms with E-state index in [0.29, 0.717) is 5.82 Å². The number of aromatic nitrogens is 5. The van der Waals surface area contributed by atoms with Gasteiger partial charge in [0.25, 0.3) is 10.9 Å². The number of sulfone groups is 1. The zero-order valence-corrected chi connectivity index (χ0v) is 15.0. The lowest BCUT2D eigenvalue weighted by Crippen LogP contribution is -2.11. The van der Waals surface area contributed by atoms with Crippen LogP contribution in [0, 0.1) is 13.8 Å². The molecule has 0 radical (unpaired) electrons. The summed E-state index contributed by atoms with van der Waals surface area (Å²) in [5.74, 6) is 0.404. The molecule has 0 fully saturated rings. The largest absolute Gasteiger partial charge is 0.368 e. The zero-order valence-electron chi connectivity index (χ0n) is 12.6. The zero-order chi connectivity index (χ0) is 16.9. The highest BCUT2D eigenvalue weighted by atomic mass is 79.9. The third-order valence-electron chi connectivity index (χ3n) is 3.24. The van der Waals surface area contributed by atoms with Crippen molar-refractivity contribution in [1.29, 1.82) is 0 Å². The lowest BCUT2D eigenvalue weighted by Gasteiger charge is -2.04. The lowest BCUT2D eigenvalue weighted by molar-refractivity contribution is 0.592. The molecule has 0 aliphatic rings. The monoisotopic (exact) mass is 396 g/mol. The van der Waals surface area contributed by atoms with Crippen LogP contribution in [-0.4, -0.2) is 39.2 Å². The van der Waals surface area contributed by atoms with Gasteiger partial charge in [0.15, 0.2) is 5.82 Å². The first kappa shape index (κ1) is 15.8. The minimum Gasteiger partial charge on any atom is -0.368 e. The maximum Gasteiger partial charge on any atom is 0.258 e. The minimum atomic E-state index is -3.58. The van der Waals surface area contributed by atoms with Crippen molar-refractivity contribution >= 4 is 37.5 Å². The Morgan fingerprint density at radius 1 is 1.13 bits per heavy atom. The van der Waals surface area contributed by atoms with Crippen molar-refractivity contribution < 1.29 is 8.42 Å². The number of benzene rings is 1. The highest BCUT2D eigenvalue weighted by Gasteiger charge is 2.18. The number of nitrogen functional groups attached to an aromatic ring is 1. The summed E-state index contributed by atoms with van der Waals surface area (Å²) < 4.78 is 25.4. The molecule has 120 valence electrons. The van der Waals surface area contributed by atoms with E-state index in [4.69, 9.17) is 5.73 Å². The molecule has 0 aliphatic heterocycles. The van der Waals surface area contributed by atoms with Gasteiger partial charge < -0.3 is 5.73 Å². The van der Waals surface area contributed by atoms with Gasteiger partial charge in [-0.1, -0.05) is 15.9 Å². The SMILES string of the molecule is Cc1cc(-c2nc3nc(S(C)(=O)=O)nc(N)n3n2)cc(C)c1Br. The molecular formula is C13H13BrN6O2S. The number of nitrogens with zero attached hydrogens (tertiary/aromatic N) is 5. The standard InChI is InChI=1S/C13H13BrN6O2S/c1-6-4-8(5-7(2)9(6)14)10-16-12-18-13(23(3,21)22)17-11(15)20(12)19-10/h4-5H,1-3H3,(H2,15,16,17,18,19). The van der Waals surface area contributed by atoms with E-state index in [9.17, 15) is 8.42 Å². The second kappa shape index (κ2) is 5.24. The predicted molar refractivity (Wildman–Crippen MR) is 88.7 cm³/mol. The highest BCUT2D eigenvalue weighted by Crippen LogP contribution is 2.27. The molecule has 0 spiro atoms. The van der Waals surface area contributed by atoms with Crippen molar-refractivity contribution in [2.75, 3.05) is 12.0 Å². The molecule has 3 aromatic rings. The molecule has 0 atom stereocenters. The summed E-state index contributed by atoms with van der Waals surface area (Å²) in [6, 6.07) is 3.85. The average Bonchev–Trinajstić information content (AvgIpc) is 2.88.